The molecule has 0 saturated carbocycles. The van der Waals surface area contributed by atoms with E-state index in [9.17, 15) is 19.1 Å². The van der Waals surface area contributed by atoms with Crippen LogP contribution in [0.5, 0.6) is 5.75 Å². The molecule has 1 heterocycles. The van der Waals surface area contributed by atoms with Crippen LogP contribution >= 0.6 is 0 Å². The molecule has 0 aliphatic heterocycles. The van der Waals surface area contributed by atoms with Crippen LogP contribution in [0.2, 0.25) is 0 Å². The average Bonchev–Trinajstić information content (AvgIpc) is 2.83. The van der Waals surface area contributed by atoms with Crippen LogP contribution in [0.3, 0.4) is 0 Å². The molecular formula is C26H29FN4O4. The Hall–Kier alpha value is -4.01. The fourth-order valence-corrected chi connectivity index (χ4v) is 3.22. The minimum absolute atomic E-state index is 0.00160. The monoisotopic (exact) mass is 480 g/mol. The van der Waals surface area contributed by atoms with E-state index in [4.69, 9.17) is 4.74 Å². The van der Waals surface area contributed by atoms with Gasteiger partial charge in [0.15, 0.2) is 11.4 Å². The van der Waals surface area contributed by atoms with E-state index in [0.29, 0.717) is 12.1 Å². The lowest BCUT2D eigenvalue weighted by Crippen LogP contribution is -2.45. The SMILES string of the molecule is CC(C)(C)N(Cc1ccccc1)C(=O)OCCc1ncc(O)c(C(=O)NCc2ccc(F)cc2)n1. The molecule has 1 aromatic heterocycles. The molecule has 0 bridgehead atoms. The first kappa shape index (κ1) is 25.6. The zero-order valence-electron chi connectivity index (χ0n) is 20.0. The number of rotatable bonds is 8. The van der Waals surface area contributed by atoms with Crippen molar-refractivity contribution in [3.05, 3.63) is 89.3 Å². The Labute approximate surface area is 203 Å². The number of carbonyl (C=O) groups is 2. The van der Waals surface area contributed by atoms with Gasteiger partial charge in [0.25, 0.3) is 5.91 Å². The van der Waals surface area contributed by atoms with Gasteiger partial charge in [0.1, 0.15) is 18.2 Å². The molecule has 2 N–H and O–H groups in total. The summed E-state index contributed by atoms with van der Waals surface area (Å²) in [6.07, 6.45) is 0.818. The number of halogens is 1. The third-order valence-electron chi connectivity index (χ3n) is 5.17. The van der Waals surface area contributed by atoms with Crippen molar-refractivity contribution in [2.24, 2.45) is 0 Å². The molecule has 0 atom stereocenters. The molecule has 9 heteroatoms. The molecule has 2 aromatic carbocycles. The highest BCUT2D eigenvalue weighted by atomic mass is 19.1. The third-order valence-corrected chi connectivity index (χ3v) is 5.17. The average molecular weight is 481 g/mol. The van der Waals surface area contributed by atoms with Crippen molar-refractivity contribution in [1.82, 2.24) is 20.2 Å². The van der Waals surface area contributed by atoms with Gasteiger partial charge in [-0.05, 0) is 44.0 Å². The van der Waals surface area contributed by atoms with Gasteiger partial charge in [0.05, 0.1) is 6.20 Å². The fraction of sp³-hybridized carbons (Fsp3) is 0.308. The van der Waals surface area contributed by atoms with Crippen LogP contribution in [-0.4, -0.2) is 44.1 Å². The predicted molar refractivity (Wildman–Crippen MR) is 128 cm³/mol. The lowest BCUT2D eigenvalue weighted by Gasteiger charge is -2.34. The topological polar surface area (TPSA) is 105 Å². The van der Waals surface area contributed by atoms with Gasteiger partial charge >= 0.3 is 6.09 Å². The number of aromatic hydroxyl groups is 1. The van der Waals surface area contributed by atoms with Crippen molar-refractivity contribution < 1.29 is 23.8 Å². The Morgan fingerprint density at radius 1 is 1.06 bits per heavy atom. The van der Waals surface area contributed by atoms with Gasteiger partial charge in [-0.25, -0.2) is 19.2 Å². The van der Waals surface area contributed by atoms with Gasteiger partial charge in [0, 0.05) is 25.0 Å². The molecule has 0 saturated heterocycles. The maximum atomic E-state index is 13.0. The van der Waals surface area contributed by atoms with E-state index in [1.165, 1.54) is 12.1 Å². The summed E-state index contributed by atoms with van der Waals surface area (Å²) in [7, 11) is 0. The van der Waals surface area contributed by atoms with E-state index < -0.39 is 17.5 Å². The van der Waals surface area contributed by atoms with Crippen molar-refractivity contribution in [2.75, 3.05) is 6.61 Å². The van der Waals surface area contributed by atoms with Crippen LogP contribution in [0.25, 0.3) is 0 Å². The highest BCUT2D eigenvalue weighted by Crippen LogP contribution is 2.19. The summed E-state index contributed by atoms with van der Waals surface area (Å²) in [5.74, 6) is -1.10. The number of nitrogens with one attached hydrogen (secondary N) is 1. The summed E-state index contributed by atoms with van der Waals surface area (Å²) in [5.41, 5.74) is 1.03. The summed E-state index contributed by atoms with van der Waals surface area (Å²) < 4.78 is 18.5. The van der Waals surface area contributed by atoms with E-state index in [1.807, 2.05) is 51.1 Å². The molecule has 0 aliphatic rings. The molecule has 0 radical (unpaired) electrons. The van der Waals surface area contributed by atoms with Crippen molar-refractivity contribution >= 4 is 12.0 Å². The van der Waals surface area contributed by atoms with E-state index in [-0.39, 0.29) is 42.7 Å². The van der Waals surface area contributed by atoms with E-state index in [2.05, 4.69) is 15.3 Å². The molecule has 35 heavy (non-hydrogen) atoms. The van der Waals surface area contributed by atoms with Crippen LogP contribution < -0.4 is 5.32 Å². The number of amides is 2. The van der Waals surface area contributed by atoms with Gasteiger partial charge in [-0.3, -0.25) is 9.69 Å². The summed E-state index contributed by atoms with van der Waals surface area (Å²) in [6, 6.07) is 15.3. The second kappa shape index (κ2) is 11.4. The van der Waals surface area contributed by atoms with Crippen LogP contribution in [0.4, 0.5) is 9.18 Å². The van der Waals surface area contributed by atoms with Crippen LogP contribution in [0.1, 0.15) is 48.2 Å². The summed E-state index contributed by atoms with van der Waals surface area (Å²) in [5, 5.41) is 12.7. The minimum atomic E-state index is -0.603. The molecule has 8 nitrogen and oxygen atoms in total. The highest BCUT2D eigenvalue weighted by Gasteiger charge is 2.28. The molecule has 0 unspecified atom stereocenters. The molecule has 0 aliphatic carbocycles. The fourth-order valence-electron chi connectivity index (χ4n) is 3.22. The van der Waals surface area contributed by atoms with Crippen LogP contribution in [0, 0.1) is 5.82 Å². The number of ether oxygens (including phenoxy) is 1. The Kier molecular flexibility index (Phi) is 8.35. The first-order valence-electron chi connectivity index (χ1n) is 11.2. The van der Waals surface area contributed by atoms with Crippen LogP contribution in [0.15, 0.2) is 60.8 Å². The van der Waals surface area contributed by atoms with E-state index in [1.54, 1.807) is 17.0 Å². The highest BCUT2D eigenvalue weighted by molar-refractivity contribution is 5.94. The zero-order valence-corrected chi connectivity index (χ0v) is 20.0. The second-order valence-corrected chi connectivity index (χ2v) is 8.94. The Balaban J connectivity index is 1.58. The molecule has 184 valence electrons. The Morgan fingerprint density at radius 2 is 1.74 bits per heavy atom. The smallest absolute Gasteiger partial charge is 0.410 e. The Bertz CT molecular complexity index is 1150. The maximum absolute atomic E-state index is 13.0. The van der Waals surface area contributed by atoms with Crippen molar-refractivity contribution in [3.63, 3.8) is 0 Å². The van der Waals surface area contributed by atoms with Crippen molar-refractivity contribution in [1.29, 1.82) is 0 Å². The van der Waals surface area contributed by atoms with E-state index in [0.717, 1.165) is 11.8 Å². The third kappa shape index (κ3) is 7.49. The molecule has 2 amide bonds. The molecule has 0 fully saturated rings. The number of aromatic nitrogens is 2. The number of hydrogen-bond acceptors (Lipinski definition) is 6. The van der Waals surface area contributed by atoms with Crippen molar-refractivity contribution in [3.8, 4) is 5.75 Å². The first-order valence-corrected chi connectivity index (χ1v) is 11.2. The van der Waals surface area contributed by atoms with Crippen molar-refractivity contribution in [2.45, 2.75) is 45.8 Å². The zero-order chi connectivity index (χ0) is 25.4. The maximum Gasteiger partial charge on any atom is 0.410 e. The molecule has 3 rings (SSSR count). The Morgan fingerprint density at radius 3 is 2.40 bits per heavy atom. The quantitative estimate of drug-likeness (QED) is 0.500. The van der Waals surface area contributed by atoms with Gasteiger partial charge < -0.3 is 15.2 Å². The number of nitrogens with zero attached hydrogens (tertiary/aromatic N) is 3. The minimum Gasteiger partial charge on any atom is -0.504 e. The van der Waals surface area contributed by atoms with Crippen LogP contribution in [-0.2, 0) is 24.2 Å². The van der Waals surface area contributed by atoms with Gasteiger partial charge in [-0.1, -0.05) is 42.5 Å². The lowest BCUT2D eigenvalue weighted by molar-refractivity contribution is 0.0640. The number of hydrogen-bond donors (Lipinski definition) is 2. The molecular weight excluding hydrogens is 451 g/mol. The number of carbonyl (C=O) groups excluding carboxylic acids is 2. The van der Waals surface area contributed by atoms with Gasteiger partial charge in [-0.15, -0.1) is 0 Å². The second-order valence-electron chi connectivity index (χ2n) is 8.94. The summed E-state index contributed by atoms with van der Waals surface area (Å²) in [4.78, 5) is 35.0. The van der Waals surface area contributed by atoms with Gasteiger partial charge in [0.2, 0.25) is 0 Å². The molecule has 0 spiro atoms. The summed E-state index contributed by atoms with van der Waals surface area (Å²) >= 11 is 0. The normalized spacial score (nSPS) is 11.1. The number of benzene rings is 2. The largest absolute Gasteiger partial charge is 0.504 e. The van der Waals surface area contributed by atoms with Gasteiger partial charge in [-0.2, -0.15) is 0 Å². The lowest BCUT2D eigenvalue weighted by atomic mass is 10.1. The standard InChI is InChI=1S/C26H29FN4O4/c1-26(2,3)31(17-19-7-5-4-6-8-19)25(34)35-14-13-22-28-16-21(32)23(30-22)24(33)29-15-18-9-11-20(27)12-10-18/h4-12,16,32H,13-15,17H2,1-3H3,(H,29,33). The molecule has 3 aromatic rings. The summed E-state index contributed by atoms with van der Waals surface area (Å²) in [6.45, 7) is 6.32. The first-order chi connectivity index (χ1) is 16.6. The predicted octanol–water partition coefficient (Wildman–Crippen LogP) is 4.23. The van der Waals surface area contributed by atoms with E-state index >= 15 is 0 Å².